The molecule has 150 valence electrons. The Morgan fingerprint density at radius 2 is 1.86 bits per heavy atom. The molecule has 3 aromatic rings. The van der Waals surface area contributed by atoms with Gasteiger partial charge in [-0.25, -0.2) is 13.4 Å². The Morgan fingerprint density at radius 1 is 1.14 bits per heavy atom. The largest absolute Gasteiger partial charge is 0.324 e. The first-order chi connectivity index (χ1) is 13.7. The van der Waals surface area contributed by atoms with Crippen molar-refractivity contribution < 1.29 is 18.0 Å². The van der Waals surface area contributed by atoms with Crippen molar-refractivity contribution in [1.82, 2.24) is 4.98 Å². The first-order valence-corrected chi connectivity index (χ1v) is 11.1. The molecule has 1 heterocycles. The smallest absolute Gasteiger partial charge is 0.263 e. The Kier molecular flexibility index (Phi) is 6.31. The molecule has 0 fully saturated rings. The summed E-state index contributed by atoms with van der Waals surface area (Å²) < 4.78 is 27.1. The maximum Gasteiger partial charge on any atom is 0.263 e. The Bertz CT molecular complexity index is 1160. The lowest BCUT2D eigenvalue weighted by Crippen LogP contribution is -2.16. The first kappa shape index (κ1) is 21.0. The molecule has 0 aliphatic rings. The monoisotopic (exact) mass is 449 g/mol. The lowest BCUT2D eigenvalue weighted by molar-refractivity contribution is -0.115. The highest BCUT2D eigenvalue weighted by Gasteiger charge is 2.17. The van der Waals surface area contributed by atoms with Crippen LogP contribution in [0.15, 0.2) is 58.8 Å². The number of Topliss-reactive ketones (excluding diaryl/α,β-unsaturated/α-hetero) is 1. The Morgan fingerprint density at radius 3 is 2.55 bits per heavy atom. The van der Waals surface area contributed by atoms with Gasteiger partial charge in [-0.1, -0.05) is 29.8 Å². The van der Waals surface area contributed by atoms with E-state index in [9.17, 15) is 18.0 Å². The van der Waals surface area contributed by atoms with Gasteiger partial charge >= 0.3 is 0 Å². The second-order valence-electron chi connectivity index (χ2n) is 6.04. The van der Waals surface area contributed by atoms with Crippen molar-refractivity contribution in [3.8, 4) is 0 Å². The number of rotatable bonds is 7. The van der Waals surface area contributed by atoms with Crippen molar-refractivity contribution in [2.75, 3.05) is 10.0 Å². The molecule has 0 aliphatic heterocycles. The van der Waals surface area contributed by atoms with Crippen LogP contribution in [0.25, 0.3) is 0 Å². The average Bonchev–Trinajstić information content (AvgIpc) is 3.10. The number of hydrogen-bond donors (Lipinski definition) is 2. The predicted molar refractivity (Wildman–Crippen MR) is 113 cm³/mol. The minimum absolute atomic E-state index is 0.0792. The van der Waals surface area contributed by atoms with E-state index in [4.69, 9.17) is 11.6 Å². The number of anilines is 2. The SMILES string of the molecule is CC(=O)c1ccc(Cl)c(NC(=O)Cc2csc(NS(=O)(=O)c3ccccc3)n2)c1. The molecule has 29 heavy (non-hydrogen) atoms. The fourth-order valence-electron chi connectivity index (χ4n) is 2.41. The molecule has 0 saturated heterocycles. The second-order valence-corrected chi connectivity index (χ2v) is 8.99. The highest BCUT2D eigenvalue weighted by molar-refractivity contribution is 7.93. The fourth-order valence-corrected chi connectivity index (χ4v) is 4.56. The van der Waals surface area contributed by atoms with E-state index in [1.54, 1.807) is 29.6 Å². The molecule has 0 bridgehead atoms. The Hall–Kier alpha value is -2.75. The van der Waals surface area contributed by atoms with Gasteiger partial charge in [-0.3, -0.25) is 14.3 Å². The van der Waals surface area contributed by atoms with Crippen LogP contribution in [0.1, 0.15) is 23.0 Å². The maximum absolute atomic E-state index is 12.3. The van der Waals surface area contributed by atoms with E-state index in [-0.39, 0.29) is 22.2 Å². The van der Waals surface area contributed by atoms with Crippen molar-refractivity contribution in [2.45, 2.75) is 18.2 Å². The van der Waals surface area contributed by atoms with Gasteiger partial charge in [0.25, 0.3) is 10.0 Å². The van der Waals surface area contributed by atoms with Crippen molar-refractivity contribution in [3.63, 3.8) is 0 Å². The van der Waals surface area contributed by atoms with Crippen LogP contribution >= 0.6 is 22.9 Å². The molecule has 10 heteroatoms. The van der Waals surface area contributed by atoms with Crippen LogP contribution in [0.2, 0.25) is 5.02 Å². The summed E-state index contributed by atoms with van der Waals surface area (Å²) in [5.74, 6) is -0.539. The summed E-state index contributed by atoms with van der Waals surface area (Å²) in [6, 6.07) is 12.5. The quantitative estimate of drug-likeness (QED) is 0.531. The van der Waals surface area contributed by atoms with Crippen LogP contribution in [0.5, 0.6) is 0 Å². The van der Waals surface area contributed by atoms with Crippen LogP contribution in [-0.2, 0) is 21.2 Å². The van der Waals surface area contributed by atoms with Crippen LogP contribution < -0.4 is 10.0 Å². The number of nitrogens with one attached hydrogen (secondary N) is 2. The van der Waals surface area contributed by atoms with Crippen molar-refractivity contribution in [3.05, 3.63) is 70.2 Å². The Labute approximate surface area is 176 Å². The van der Waals surface area contributed by atoms with Gasteiger partial charge in [-0.05, 0) is 37.3 Å². The van der Waals surface area contributed by atoms with E-state index in [0.29, 0.717) is 22.0 Å². The topological polar surface area (TPSA) is 105 Å². The van der Waals surface area contributed by atoms with Crippen molar-refractivity contribution in [2.24, 2.45) is 0 Å². The third kappa shape index (κ3) is 5.41. The molecule has 2 aromatic carbocycles. The van der Waals surface area contributed by atoms with E-state index in [1.165, 1.54) is 31.2 Å². The Balaban J connectivity index is 1.67. The lowest BCUT2D eigenvalue weighted by Gasteiger charge is -2.08. The molecule has 0 radical (unpaired) electrons. The number of sulfonamides is 1. The maximum atomic E-state index is 12.3. The van der Waals surface area contributed by atoms with E-state index in [2.05, 4.69) is 15.0 Å². The summed E-state index contributed by atoms with van der Waals surface area (Å²) in [4.78, 5) is 28.1. The van der Waals surface area contributed by atoms with Gasteiger partial charge in [0.2, 0.25) is 5.91 Å². The van der Waals surface area contributed by atoms with Gasteiger partial charge in [-0.15, -0.1) is 11.3 Å². The number of thiazole rings is 1. The number of aromatic nitrogens is 1. The first-order valence-electron chi connectivity index (χ1n) is 8.37. The van der Waals surface area contributed by atoms with E-state index in [1.807, 2.05) is 0 Å². The molecule has 0 unspecified atom stereocenters. The third-order valence-electron chi connectivity index (χ3n) is 3.82. The van der Waals surface area contributed by atoms with Crippen LogP contribution in [0.4, 0.5) is 10.8 Å². The standard InChI is InChI=1S/C19H16ClN3O4S2/c1-12(24)13-7-8-16(20)17(9-13)22-18(25)10-14-11-28-19(21-14)23-29(26,27)15-5-3-2-4-6-15/h2-9,11H,10H2,1H3,(H,21,23)(H,22,25). The molecule has 0 aliphatic carbocycles. The molecule has 1 aromatic heterocycles. The highest BCUT2D eigenvalue weighted by atomic mass is 35.5. The van der Waals surface area contributed by atoms with E-state index >= 15 is 0 Å². The van der Waals surface area contributed by atoms with Crippen molar-refractivity contribution in [1.29, 1.82) is 0 Å². The number of halogens is 1. The zero-order chi connectivity index (χ0) is 21.0. The van der Waals surface area contributed by atoms with Gasteiger partial charge in [0.15, 0.2) is 10.9 Å². The van der Waals surface area contributed by atoms with Crippen LogP contribution in [-0.4, -0.2) is 25.1 Å². The minimum Gasteiger partial charge on any atom is -0.324 e. The highest BCUT2D eigenvalue weighted by Crippen LogP contribution is 2.24. The van der Waals surface area contributed by atoms with Crippen LogP contribution in [0, 0.1) is 0 Å². The summed E-state index contributed by atoms with van der Waals surface area (Å²) in [6.45, 7) is 1.42. The normalized spacial score (nSPS) is 11.1. The second kappa shape index (κ2) is 8.73. The minimum atomic E-state index is -3.75. The number of carbonyl (C=O) groups excluding carboxylic acids is 2. The van der Waals surface area contributed by atoms with Gasteiger partial charge < -0.3 is 5.32 Å². The summed E-state index contributed by atoms with van der Waals surface area (Å²) in [5.41, 5.74) is 1.15. The summed E-state index contributed by atoms with van der Waals surface area (Å²) in [6.07, 6.45) is -0.0792. The number of carbonyl (C=O) groups is 2. The molecule has 2 N–H and O–H groups in total. The number of hydrogen-bond acceptors (Lipinski definition) is 6. The number of nitrogens with zero attached hydrogens (tertiary/aromatic N) is 1. The van der Waals surface area contributed by atoms with Crippen LogP contribution in [0.3, 0.4) is 0 Å². The molecule has 7 nitrogen and oxygen atoms in total. The molecular formula is C19H16ClN3O4S2. The zero-order valence-corrected chi connectivity index (χ0v) is 17.6. The molecule has 1 amide bonds. The van der Waals surface area contributed by atoms with Gasteiger partial charge in [0.05, 0.1) is 27.7 Å². The summed E-state index contributed by atoms with van der Waals surface area (Å²) in [7, 11) is -3.75. The molecule has 0 saturated carbocycles. The predicted octanol–water partition coefficient (Wildman–Crippen LogP) is 3.98. The van der Waals surface area contributed by atoms with Gasteiger partial charge in [0, 0.05) is 10.9 Å². The molecule has 0 spiro atoms. The molecule has 0 atom stereocenters. The summed E-state index contributed by atoms with van der Waals surface area (Å²) in [5, 5.41) is 4.70. The fraction of sp³-hybridized carbons (Fsp3) is 0.105. The van der Waals surface area contributed by atoms with Gasteiger partial charge in [-0.2, -0.15) is 0 Å². The van der Waals surface area contributed by atoms with E-state index in [0.717, 1.165) is 11.3 Å². The average molecular weight is 450 g/mol. The summed E-state index contributed by atoms with van der Waals surface area (Å²) >= 11 is 7.14. The number of benzene rings is 2. The molecular weight excluding hydrogens is 434 g/mol. The third-order valence-corrected chi connectivity index (χ3v) is 6.44. The number of amides is 1. The molecule has 3 rings (SSSR count). The number of ketones is 1. The van der Waals surface area contributed by atoms with E-state index < -0.39 is 15.9 Å². The lowest BCUT2D eigenvalue weighted by atomic mass is 10.1. The zero-order valence-electron chi connectivity index (χ0n) is 15.2. The van der Waals surface area contributed by atoms with Gasteiger partial charge in [0.1, 0.15) is 0 Å². The van der Waals surface area contributed by atoms with Crippen molar-refractivity contribution >= 4 is 55.5 Å².